The molecular formula is C46H28O2. The van der Waals surface area contributed by atoms with Crippen molar-refractivity contribution in [1.82, 2.24) is 0 Å². The summed E-state index contributed by atoms with van der Waals surface area (Å²) in [6.07, 6.45) is 1.84. The minimum absolute atomic E-state index is 0.823. The first-order chi connectivity index (χ1) is 23.8. The molecule has 2 nitrogen and oxygen atoms in total. The van der Waals surface area contributed by atoms with Crippen molar-refractivity contribution in [2.45, 2.75) is 0 Å². The highest BCUT2D eigenvalue weighted by atomic mass is 16.3. The molecule has 224 valence electrons. The third kappa shape index (κ3) is 4.06. The van der Waals surface area contributed by atoms with Crippen molar-refractivity contribution >= 4 is 54.5 Å². The van der Waals surface area contributed by atoms with Crippen molar-refractivity contribution in [3.05, 3.63) is 170 Å². The van der Waals surface area contributed by atoms with Crippen molar-refractivity contribution in [2.75, 3.05) is 0 Å². The molecule has 48 heavy (non-hydrogen) atoms. The summed E-state index contributed by atoms with van der Waals surface area (Å²) in [5.41, 5.74) is 12.0. The van der Waals surface area contributed by atoms with Crippen LogP contribution in [0.5, 0.6) is 0 Å². The molecule has 0 aliphatic heterocycles. The van der Waals surface area contributed by atoms with Crippen molar-refractivity contribution in [1.29, 1.82) is 0 Å². The van der Waals surface area contributed by atoms with E-state index in [1.807, 2.05) is 18.4 Å². The maximum absolute atomic E-state index is 6.56. The monoisotopic (exact) mass is 612 g/mol. The second-order valence-corrected chi connectivity index (χ2v) is 12.4. The Balaban J connectivity index is 1.21. The molecule has 0 unspecified atom stereocenters. The first-order valence-corrected chi connectivity index (χ1v) is 16.3. The normalized spacial score (nSPS) is 11.8. The zero-order valence-electron chi connectivity index (χ0n) is 26.0. The molecule has 0 fully saturated rings. The van der Waals surface area contributed by atoms with E-state index in [0.717, 1.165) is 49.6 Å². The molecule has 2 heteroatoms. The van der Waals surface area contributed by atoms with Crippen LogP contribution >= 0.6 is 0 Å². The number of rotatable bonds is 4. The Bertz CT molecular complexity index is 2760. The molecule has 0 radical (unpaired) electrons. The van der Waals surface area contributed by atoms with Gasteiger partial charge in [0, 0.05) is 27.8 Å². The van der Waals surface area contributed by atoms with E-state index in [-0.39, 0.29) is 0 Å². The molecule has 10 rings (SSSR count). The van der Waals surface area contributed by atoms with E-state index in [9.17, 15) is 0 Å². The minimum Gasteiger partial charge on any atom is -0.464 e. The number of hydrogen-bond acceptors (Lipinski definition) is 2. The Morgan fingerprint density at radius 3 is 1.50 bits per heavy atom. The Labute approximate surface area is 277 Å². The zero-order valence-corrected chi connectivity index (χ0v) is 26.0. The maximum atomic E-state index is 6.56. The van der Waals surface area contributed by atoms with Crippen LogP contribution in [0.3, 0.4) is 0 Å². The summed E-state index contributed by atoms with van der Waals surface area (Å²) in [6, 6.07) is 58.4. The maximum Gasteiger partial charge on any atom is 0.139 e. The van der Waals surface area contributed by atoms with Crippen LogP contribution in [0.15, 0.2) is 179 Å². The van der Waals surface area contributed by atoms with E-state index in [0.29, 0.717) is 0 Å². The molecule has 10 aromatic rings. The fourth-order valence-corrected chi connectivity index (χ4v) is 7.59. The third-order valence-corrected chi connectivity index (χ3v) is 9.75. The highest BCUT2D eigenvalue weighted by Gasteiger charge is 2.20. The summed E-state index contributed by atoms with van der Waals surface area (Å²) in [5, 5.41) is 8.16. The van der Waals surface area contributed by atoms with Crippen molar-refractivity contribution < 1.29 is 8.83 Å². The molecule has 0 saturated heterocycles. The lowest BCUT2D eigenvalue weighted by atomic mass is 9.84. The van der Waals surface area contributed by atoms with Gasteiger partial charge in [0.25, 0.3) is 0 Å². The van der Waals surface area contributed by atoms with E-state index >= 15 is 0 Å². The van der Waals surface area contributed by atoms with E-state index in [2.05, 4.69) is 152 Å². The molecule has 2 heterocycles. The highest BCUT2D eigenvalue weighted by Crippen LogP contribution is 2.47. The zero-order chi connectivity index (χ0) is 31.6. The van der Waals surface area contributed by atoms with Gasteiger partial charge in [-0.15, -0.1) is 0 Å². The lowest BCUT2D eigenvalue weighted by molar-refractivity contribution is 0.614. The summed E-state index contributed by atoms with van der Waals surface area (Å²) in [4.78, 5) is 0. The van der Waals surface area contributed by atoms with Gasteiger partial charge in [0.15, 0.2) is 0 Å². The van der Waals surface area contributed by atoms with Gasteiger partial charge in [-0.25, -0.2) is 0 Å². The standard InChI is InChI=1S/C46H28O2/c1-3-13-29(14-4-1)32-17-7-8-18-34(32)46-37-21-11-9-19-35(37)45(36-20-10-12-22-38(36)46)31-23-24-33-39-26-40-41(30-15-5-2-6-16-30)28-47-42(40)27-44(39)48-43(33)25-31/h1-28H. The largest absolute Gasteiger partial charge is 0.464 e. The van der Waals surface area contributed by atoms with Gasteiger partial charge in [0.2, 0.25) is 0 Å². The summed E-state index contributed by atoms with van der Waals surface area (Å²) in [7, 11) is 0. The fraction of sp³-hybridized carbons (Fsp3) is 0. The third-order valence-electron chi connectivity index (χ3n) is 9.75. The van der Waals surface area contributed by atoms with Gasteiger partial charge in [-0.2, -0.15) is 0 Å². The Morgan fingerprint density at radius 1 is 0.292 bits per heavy atom. The van der Waals surface area contributed by atoms with Gasteiger partial charge < -0.3 is 8.83 Å². The molecule has 0 amide bonds. The number of fused-ring (bicyclic) bond motifs is 6. The first-order valence-electron chi connectivity index (χ1n) is 16.3. The first kappa shape index (κ1) is 26.8. The average Bonchev–Trinajstić information content (AvgIpc) is 3.73. The Morgan fingerprint density at radius 2 is 0.833 bits per heavy atom. The SMILES string of the molecule is c1ccc(-c2ccccc2-c2c3ccccc3c(-c3ccc4c(c3)oc3cc5occ(-c6ccccc6)c5cc34)c3ccccc23)cc1. The van der Waals surface area contributed by atoms with E-state index < -0.39 is 0 Å². The molecule has 2 aromatic heterocycles. The van der Waals surface area contributed by atoms with Crippen LogP contribution in [0.4, 0.5) is 0 Å². The van der Waals surface area contributed by atoms with Gasteiger partial charge in [0.05, 0.1) is 6.26 Å². The smallest absolute Gasteiger partial charge is 0.139 e. The topological polar surface area (TPSA) is 26.3 Å². The van der Waals surface area contributed by atoms with E-state index in [4.69, 9.17) is 8.83 Å². The van der Waals surface area contributed by atoms with Crippen molar-refractivity contribution in [3.63, 3.8) is 0 Å². The second kappa shape index (κ2) is 10.6. The number of hydrogen-bond donors (Lipinski definition) is 0. The molecular weight excluding hydrogens is 585 g/mol. The van der Waals surface area contributed by atoms with Gasteiger partial charge in [-0.3, -0.25) is 0 Å². The van der Waals surface area contributed by atoms with Gasteiger partial charge in [0.1, 0.15) is 16.7 Å². The molecule has 0 bridgehead atoms. The molecule has 0 saturated carbocycles. The predicted molar refractivity (Wildman–Crippen MR) is 200 cm³/mol. The number of benzene rings is 8. The van der Waals surface area contributed by atoms with Gasteiger partial charge >= 0.3 is 0 Å². The molecule has 0 spiro atoms. The molecule has 8 aromatic carbocycles. The summed E-state index contributed by atoms with van der Waals surface area (Å²) >= 11 is 0. The second-order valence-electron chi connectivity index (χ2n) is 12.4. The molecule has 0 aliphatic carbocycles. The Hall–Kier alpha value is -6.38. The fourth-order valence-electron chi connectivity index (χ4n) is 7.59. The van der Waals surface area contributed by atoms with Gasteiger partial charge in [-0.1, -0.05) is 140 Å². The number of furan rings is 2. The van der Waals surface area contributed by atoms with E-state index in [1.165, 1.54) is 49.4 Å². The minimum atomic E-state index is 0.823. The van der Waals surface area contributed by atoms with Crippen LogP contribution in [-0.2, 0) is 0 Å². The van der Waals surface area contributed by atoms with Gasteiger partial charge in [-0.05, 0) is 78.7 Å². The quantitative estimate of drug-likeness (QED) is 0.185. The molecule has 0 aliphatic rings. The van der Waals surface area contributed by atoms with Crippen LogP contribution in [0.25, 0.3) is 99.0 Å². The van der Waals surface area contributed by atoms with Crippen LogP contribution < -0.4 is 0 Å². The average molecular weight is 613 g/mol. The summed E-state index contributed by atoms with van der Waals surface area (Å²) in [5.74, 6) is 0. The van der Waals surface area contributed by atoms with Crippen LogP contribution in [-0.4, -0.2) is 0 Å². The molecule has 0 atom stereocenters. The lowest BCUT2D eigenvalue weighted by Crippen LogP contribution is -1.92. The van der Waals surface area contributed by atoms with Crippen LogP contribution in [0.1, 0.15) is 0 Å². The van der Waals surface area contributed by atoms with Crippen LogP contribution in [0, 0.1) is 0 Å². The molecule has 0 N–H and O–H groups in total. The van der Waals surface area contributed by atoms with Crippen molar-refractivity contribution in [2.24, 2.45) is 0 Å². The summed E-state index contributed by atoms with van der Waals surface area (Å²) in [6.45, 7) is 0. The lowest BCUT2D eigenvalue weighted by Gasteiger charge is -2.19. The van der Waals surface area contributed by atoms with Crippen LogP contribution in [0.2, 0.25) is 0 Å². The highest BCUT2D eigenvalue weighted by molar-refractivity contribution is 6.23. The Kier molecular flexibility index (Phi) is 5.91. The predicted octanol–water partition coefficient (Wildman–Crippen LogP) is 13.3. The summed E-state index contributed by atoms with van der Waals surface area (Å²) < 4.78 is 12.6. The van der Waals surface area contributed by atoms with E-state index in [1.54, 1.807) is 0 Å². The van der Waals surface area contributed by atoms with Crippen molar-refractivity contribution in [3.8, 4) is 44.5 Å².